The van der Waals surface area contributed by atoms with Crippen molar-refractivity contribution in [3.8, 4) is 6.07 Å². The molecule has 0 aromatic carbocycles. The molecule has 2 aliphatic heterocycles. The van der Waals surface area contributed by atoms with Crippen molar-refractivity contribution >= 4 is 5.91 Å². The van der Waals surface area contributed by atoms with E-state index in [2.05, 4.69) is 5.32 Å². The highest BCUT2D eigenvalue weighted by Crippen LogP contribution is 2.34. The van der Waals surface area contributed by atoms with E-state index in [0.29, 0.717) is 12.5 Å². The topological polar surface area (TPSA) is 62.1 Å². The Morgan fingerprint density at radius 3 is 2.93 bits per heavy atom. The number of hydrogen-bond donors (Lipinski definition) is 1. The maximum Gasteiger partial charge on any atom is 0.237 e. The Morgan fingerprint density at radius 2 is 2.47 bits per heavy atom. The molecule has 0 saturated carbocycles. The Balaban J connectivity index is 1.87. The number of nitrogens with zero attached hydrogens (tertiary/aromatic N) is 1. The Hall–Kier alpha value is -1.08. The Kier molecular flexibility index (Phi) is 2.92. The van der Waals surface area contributed by atoms with Crippen LogP contribution in [0.3, 0.4) is 0 Å². The SMILES string of the molecule is CCC(C#N)C(=O)NC1CC2CCC1O2. The van der Waals surface area contributed by atoms with Crippen LogP contribution < -0.4 is 5.32 Å². The van der Waals surface area contributed by atoms with Crippen molar-refractivity contribution in [1.82, 2.24) is 5.32 Å². The van der Waals surface area contributed by atoms with Gasteiger partial charge in [-0.05, 0) is 25.7 Å². The highest BCUT2D eigenvalue weighted by molar-refractivity contribution is 5.81. The van der Waals surface area contributed by atoms with Crippen LogP contribution in [0, 0.1) is 17.2 Å². The second kappa shape index (κ2) is 4.19. The molecular formula is C11H16N2O2. The Bertz CT molecular complexity index is 297. The highest BCUT2D eigenvalue weighted by Gasteiger charge is 2.41. The van der Waals surface area contributed by atoms with E-state index in [4.69, 9.17) is 10.00 Å². The van der Waals surface area contributed by atoms with E-state index in [-0.39, 0.29) is 18.1 Å². The molecule has 0 radical (unpaired) electrons. The van der Waals surface area contributed by atoms with Crippen LogP contribution in [-0.2, 0) is 9.53 Å². The monoisotopic (exact) mass is 208 g/mol. The normalized spacial score (nSPS) is 34.8. The van der Waals surface area contributed by atoms with Gasteiger partial charge in [0.25, 0.3) is 0 Å². The summed E-state index contributed by atoms with van der Waals surface area (Å²) in [7, 11) is 0. The molecule has 2 saturated heterocycles. The molecule has 0 spiro atoms. The number of nitrogens with one attached hydrogen (secondary N) is 1. The molecule has 0 aliphatic carbocycles. The maximum absolute atomic E-state index is 11.6. The quantitative estimate of drug-likeness (QED) is 0.751. The number of ether oxygens (including phenoxy) is 1. The molecule has 2 aliphatic rings. The van der Waals surface area contributed by atoms with Gasteiger partial charge in [-0.15, -0.1) is 0 Å². The first kappa shape index (κ1) is 10.4. The second-order valence-electron chi connectivity index (χ2n) is 4.31. The van der Waals surface area contributed by atoms with E-state index in [9.17, 15) is 4.79 Å². The third kappa shape index (κ3) is 1.98. The van der Waals surface area contributed by atoms with Gasteiger partial charge in [-0.3, -0.25) is 4.79 Å². The number of fused-ring (bicyclic) bond motifs is 2. The molecule has 1 N–H and O–H groups in total. The van der Waals surface area contributed by atoms with Gasteiger partial charge >= 0.3 is 0 Å². The second-order valence-corrected chi connectivity index (χ2v) is 4.31. The van der Waals surface area contributed by atoms with E-state index in [1.54, 1.807) is 0 Å². The lowest BCUT2D eigenvalue weighted by Crippen LogP contribution is -2.43. The number of hydrogen-bond acceptors (Lipinski definition) is 3. The standard InChI is InChI=1S/C11H16N2O2/c1-2-7(6-12)11(14)13-9-5-8-3-4-10(9)15-8/h7-10H,2-5H2,1H3,(H,13,14). The van der Waals surface area contributed by atoms with Crippen LogP contribution in [0.4, 0.5) is 0 Å². The molecule has 2 rings (SSSR count). The van der Waals surface area contributed by atoms with Gasteiger partial charge in [0.1, 0.15) is 5.92 Å². The molecule has 2 heterocycles. The highest BCUT2D eigenvalue weighted by atomic mass is 16.5. The molecule has 2 bridgehead atoms. The minimum atomic E-state index is -0.510. The van der Waals surface area contributed by atoms with Gasteiger partial charge < -0.3 is 10.1 Å². The number of rotatable bonds is 3. The zero-order valence-electron chi connectivity index (χ0n) is 8.90. The third-order valence-corrected chi connectivity index (χ3v) is 3.31. The summed E-state index contributed by atoms with van der Waals surface area (Å²) in [5.41, 5.74) is 0. The average molecular weight is 208 g/mol. The van der Waals surface area contributed by atoms with Crippen LogP contribution in [0.25, 0.3) is 0 Å². The van der Waals surface area contributed by atoms with Crippen molar-refractivity contribution in [2.75, 3.05) is 0 Å². The predicted octanol–water partition coefficient (Wildman–Crippen LogP) is 0.972. The fourth-order valence-corrected chi connectivity index (χ4v) is 2.41. The fourth-order valence-electron chi connectivity index (χ4n) is 2.41. The first-order valence-corrected chi connectivity index (χ1v) is 5.60. The Morgan fingerprint density at radius 1 is 1.67 bits per heavy atom. The smallest absolute Gasteiger partial charge is 0.237 e. The third-order valence-electron chi connectivity index (χ3n) is 3.31. The van der Waals surface area contributed by atoms with E-state index < -0.39 is 5.92 Å². The van der Waals surface area contributed by atoms with Crippen molar-refractivity contribution in [2.45, 2.75) is 50.9 Å². The summed E-state index contributed by atoms with van der Waals surface area (Å²) in [4.78, 5) is 11.6. The number of carbonyl (C=O) groups excluding carboxylic acids is 1. The van der Waals surface area contributed by atoms with Gasteiger partial charge in [-0.25, -0.2) is 0 Å². The van der Waals surface area contributed by atoms with E-state index >= 15 is 0 Å². The molecule has 0 aromatic rings. The van der Waals surface area contributed by atoms with E-state index in [0.717, 1.165) is 19.3 Å². The number of carbonyl (C=O) groups is 1. The molecule has 4 unspecified atom stereocenters. The van der Waals surface area contributed by atoms with E-state index in [1.165, 1.54) is 0 Å². The molecule has 4 nitrogen and oxygen atoms in total. The molecule has 1 amide bonds. The fraction of sp³-hybridized carbons (Fsp3) is 0.818. The minimum Gasteiger partial charge on any atom is -0.373 e. The zero-order valence-corrected chi connectivity index (χ0v) is 8.90. The van der Waals surface area contributed by atoms with Crippen LogP contribution in [0.2, 0.25) is 0 Å². The number of nitriles is 1. The summed E-state index contributed by atoms with van der Waals surface area (Å²) in [5, 5.41) is 11.7. The zero-order chi connectivity index (χ0) is 10.8. The average Bonchev–Trinajstić information content (AvgIpc) is 2.81. The van der Waals surface area contributed by atoms with Crippen molar-refractivity contribution in [2.24, 2.45) is 5.92 Å². The first-order chi connectivity index (χ1) is 7.24. The van der Waals surface area contributed by atoms with Crippen LogP contribution in [-0.4, -0.2) is 24.2 Å². The van der Waals surface area contributed by atoms with Crippen molar-refractivity contribution in [3.05, 3.63) is 0 Å². The number of amides is 1. The molecule has 0 aromatic heterocycles. The van der Waals surface area contributed by atoms with Gasteiger partial charge in [0.05, 0.1) is 24.3 Å². The predicted molar refractivity (Wildman–Crippen MR) is 53.8 cm³/mol. The lowest BCUT2D eigenvalue weighted by atomic mass is 9.95. The molecule has 4 heteroatoms. The van der Waals surface area contributed by atoms with Crippen LogP contribution in [0.5, 0.6) is 0 Å². The van der Waals surface area contributed by atoms with Crippen LogP contribution >= 0.6 is 0 Å². The van der Waals surface area contributed by atoms with Gasteiger partial charge in [-0.1, -0.05) is 6.92 Å². The van der Waals surface area contributed by atoms with Crippen molar-refractivity contribution in [3.63, 3.8) is 0 Å². The lowest BCUT2D eigenvalue weighted by molar-refractivity contribution is -0.124. The molecule has 15 heavy (non-hydrogen) atoms. The van der Waals surface area contributed by atoms with Gasteiger partial charge in [0.2, 0.25) is 5.91 Å². The minimum absolute atomic E-state index is 0.138. The molecular weight excluding hydrogens is 192 g/mol. The summed E-state index contributed by atoms with van der Waals surface area (Å²) in [6.07, 6.45) is 4.17. The summed E-state index contributed by atoms with van der Waals surface area (Å²) in [6.45, 7) is 1.85. The first-order valence-electron chi connectivity index (χ1n) is 5.60. The molecule has 4 atom stereocenters. The maximum atomic E-state index is 11.6. The summed E-state index contributed by atoms with van der Waals surface area (Å²) in [6, 6.07) is 2.15. The summed E-state index contributed by atoms with van der Waals surface area (Å²) in [5.74, 6) is -0.648. The van der Waals surface area contributed by atoms with Gasteiger partial charge in [0, 0.05) is 0 Å². The van der Waals surface area contributed by atoms with Crippen molar-refractivity contribution < 1.29 is 9.53 Å². The Labute approximate surface area is 89.6 Å². The van der Waals surface area contributed by atoms with Gasteiger partial charge in [0.15, 0.2) is 0 Å². The van der Waals surface area contributed by atoms with Crippen molar-refractivity contribution in [1.29, 1.82) is 5.26 Å². The molecule has 2 fully saturated rings. The molecule has 82 valence electrons. The van der Waals surface area contributed by atoms with Crippen LogP contribution in [0.15, 0.2) is 0 Å². The summed E-state index contributed by atoms with van der Waals surface area (Å²) >= 11 is 0. The van der Waals surface area contributed by atoms with E-state index in [1.807, 2.05) is 13.0 Å². The summed E-state index contributed by atoms with van der Waals surface area (Å²) < 4.78 is 5.64. The van der Waals surface area contributed by atoms with Gasteiger partial charge in [-0.2, -0.15) is 5.26 Å². The largest absolute Gasteiger partial charge is 0.373 e. The van der Waals surface area contributed by atoms with Crippen LogP contribution in [0.1, 0.15) is 32.6 Å². The lowest BCUT2D eigenvalue weighted by Gasteiger charge is -2.21.